The van der Waals surface area contributed by atoms with Crippen molar-refractivity contribution < 1.29 is 9.90 Å². The lowest BCUT2D eigenvalue weighted by Crippen LogP contribution is -2.24. The molecule has 0 saturated carbocycles. The van der Waals surface area contributed by atoms with Gasteiger partial charge in [-0.25, -0.2) is 0 Å². The highest BCUT2D eigenvalue weighted by Gasteiger charge is 2.10. The molecule has 21 heavy (non-hydrogen) atoms. The van der Waals surface area contributed by atoms with Crippen molar-refractivity contribution in [2.45, 2.75) is 6.92 Å². The summed E-state index contributed by atoms with van der Waals surface area (Å²) in [5.74, 6) is -0.351. The minimum Gasteiger partial charge on any atom is -0.508 e. The van der Waals surface area contributed by atoms with Crippen molar-refractivity contribution >= 4 is 11.6 Å². The summed E-state index contributed by atoms with van der Waals surface area (Å²) in [6, 6.07) is 6.48. The summed E-state index contributed by atoms with van der Waals surface area (Å²) < 4.78 is 0. The zero-order valence-corrected chi connectivity index (χ0v) is 12.5. The topological polar surface area (TPSA) is 88.4 Å². The highest BCUT2D eigenvalue weighted by Crippen LogP contribution is 2.20. The maximum atomic E-state index is 12.0. The number of nitrogens with zero attached hydrogens (tertiary/aromatic N) is 2. The molecule has 112 valence electrons. The fourth-order valence-electron chi connectivity index (χ4n) is 1.59. The van der Waals surface area contributed by atoms with Crippen LogP contribution in [0.4, 0.5) is 5.69 Å². The van der Waals surface area contributed by atoms with Gasteiger partial charge in [0, 0.05) is 25.0 Å². The predicted molar refractivity (Wildman–Crippen MR) is 81.7 cm³/mol. The van der Waals surface area contributed by atoms with Gasteiger partial charge in [-0.15, -0.1) is 0 Å². The molecule has 1 aromatic carbocycles. The van der Waals surface area contributed by atoms with Gasteiger partial charge in [0.2, 0.25) is 0 Å². The maximum Gasteiger partial charge on any atom is 0.267 e. The standard InChI is InChI=1S/C15H20N4O2/c1-11-8-13(20)4-5-14(11)18-15(21)12(9-16)10-17-6-7-19(2)3/h4-5,8,10,17,20H,6-7H2,1-3H3,(H,18,21)/b12-10-. The quantitative estimate of drug-likeness (QED) is 0.317. The van der Waals surface area contributed by atoms with Crippen LogP contribution in [-0.4, -0.2) is 43.1 Å². The summed E-state index contributed by atoms with van der Waals surface area (Å²) in [6.07, 6.45) is 1.41. The summed E-state index contributed by atoms with van der Waals surface area (Å²) in [5, 5.41) is 23.9. The second-order valence-corrected chi connectivity index (χ2v) is 4.88. The van der Waals surface area contributed by atoms with Crippen LogP contribution in [0.1, 0.15) is 5.56 Å². The molecular formula is C15H20N4O2. The highest BCUT2D eigenvalue weighted by atomic mass is 16.3. The Kier molecular flexibility index (Phi) is 6.24. The van der Waals surface area contributed by atoms with E-state index < -0.39 is 5.91 Å². The number of likely N-dealkylation sites (N-methyl/N-ethyl adjacent to an activating group) is 1. The largest absolute Gasteiger partial charge is 0.508 e. The van der Waals surface area contributed by atoms with Crippen LogP contribution in [0.2, 0.25) is 0 Å². The number of carbonyl (C=O) groups is 1. The molecule has 0 aromatic heterocycles. The van der Waals surface area contributed by atoms with E-state index in [-0.39, 0.29) is 11.3 Å². The first kappa shape index (κ1) is 16.5. The number of phenols is 1. The highest BCUT2D eigenvalue weighted by molar-refractivity contribution is 6.06. The third-order valence-electron chi connectivity index (χ3n) is 2.77. The lowest BCUT2D eigenvalue weighted by Gasteiger charge is -2.10. The summed E-state index contributed by atoms with van der Waals surface area (Å²) in [7, 11) is 3.88. The van der Waals surface area contributed by atoms with E-state index in [0.717, 1.165) is 12.1 Å². The molecule has 0 aliphatic carbocycles. The summed E-state index contributed by atoms with van der Waals surface area (Å²) >= 11 is 0. The number of aromatic hydroxyl groups is 1. The third kappa shape index (κ3) is 5.55. The number of aryl methyl sites for hydroxylation is 1. The van der Waals surface area contributed by atoms with Crippen molar-refractivity contribution in [3.05, 3.63) is 35.5 Å². The Hall–Kier alpha value is -2.52. The van der Waals surface area contributed by atoms with Gasteiger partial charge in [-0.2, -0.15) is 5.26 Å². The van der Waals surface area contributed by atoms with Crippen molar-refractivity contribution in [3.8, 4) is 11.8 Å². The van der Waals surface area contributed by atoms with Gasteiger partial charge in [-0.05, 0) is 44.8 Å². The van der Waals surface area contributed by atoms with Crippen LogP contribution >= 0.6 is 0 Å². The molecule has 0 fully saturated rings. The monoisotopic (exact) mass is 288 g/mol. The van der Waals surface area contributed by atoms with Crippen molar-refractivity contribution in [1.29, 1.82) is 5.26 Å². The number of phenolic OH excluding ortho intramolecular Hbond substituents is 1. The van der Waals surface area contributed by atoms with Crippen LogP contribution in [0.3, 0.4) is 0 Å². The molecule has 3 N–H and O–H groups in total. The second-order valence-electron chi connectivity index (χ2n) is 4.88. The Labute approximate surface area is 124 Å². The first-order valence-corrected chi connectivity index (χ1v) is 6.53. The molecule has 0 atom stereocenters. The lowest BCUT2D eigenvalue weighted by atomic mass is 10.2. The van der Waals surface area contributed by atoms with E-state index in [2.05, 4.69) is 10.6 Å². The van der Waals surface area contributed by atoms with E-state index in [9.17, 15) is 9.90 Å². The van der Waals surface area contributed by atoms with E-state index in [1.165, 1.54) is 12.3 Å². The summed E-state index contributed by atoms with van der Waals surface area (Å²) in [6.45, 7) is 3.21. The van der Waals surface area contributed by atoms with E-state index in [0.29, 0.717) is 12.2 Å². The van der Waals surface area contributed by atoms with Crippen molar-refractivity contribution in [2.75, 3.05) is 32.5 Å². The van der Waals surface area contributed by atoms with E-state index in [1.54, 1.807) is 19.1 Å². The Morgan fingerprint density at radius 2 is 2.19 bits per heavy atom. The first-order chi connectivity index (χ1) is 9.93. The van der Waals surface area contributed by atoms with Crippen LogP contribution in [0, 0.1) is 18.3 Å². The number of anilines is 1. The Balaban J connectivity index is 2.67. The van der Waals surface area contributed by atoms with Gasteiger partial charge in [-0.1, -0.05) is 0 Å². The molecule has 1 amide bonds. The van der Waals surface area contributed by atoms with Crippen LogP contribution in [0.15, 0.2) is 30.0 Å². The molecular weight excluding hydrogens is 268 g/mol. The van der Waals surface area contributed by atoms with Gasteiger partial charge in [-0.3, -0.25) is 4.79 Å². The molecule has 0 radical (unpaired) electrons. The van der Waals surface area contributed by atoms with Gasteiger partial charge >= 0.3 is 0 Å². The van der Waals surface area contributed by atoms with Gasteiger partial charge < -0.3 is 20.6 Å². The summed E-state index contributed by atoms with van der Waals surface area (Å²) in [5.41, 5.74) is 1.29. The third-order valence-corrected chi connectivity index (χ3v) is 2.77. The molecule has 0 aliphatic heterocycles. The van der Waals surface area contributed by atoms with Gasteiger partial charge in [0.05, 0.1) is 0 Å². The SMILES string of the molecule is Cc1cc(O)ccc1NC(=O)/C(C#N)=C\NCCN(C)C. The fraction of sp³-hybridized carbons (Fsp3) is 0.333. The average molecular weight is 288 g/mol. The number of benzene rings is 1. The van der Waals surface area contributed by atoms with E-state index >= 15 is 0 Å². The van der Waals surface area contributed by atoms with Crippen molar-refractivity contribution in [3.63, 3.8) is 0 Å². The normalized spacial score (nSPS) is 11.1. The summed E-state index contributed by atoms with van der Waals surface area (Å²) in [4.78, 5) is 14.0. The lowest BCUT2D eigenvalue weighted by molar-refractivity contribution is -0.112. The number of amides is 1. The zero-order chi connectivity index (χ0) is 15.8. The molecule has 0 heterocycles. The van der Waals surface area contributed by atoms with Crippen molar-refractivity contribution in [2.24, 2.45) is 0 Å². The van der Waals surface area contributed by atoms with Crippen LogP contribution in [-0.2, 0) is 4.79 Å². The molecule has 0 saturated heterocycles. The number of nitrogens with one attached hydrogen (secondary N) is 2. The molecule has 6 nitrogen and oxygen atoms in total. The van der Waals surface area contributed by atoms with Gasteiger partial charge in [0.15, 0.2) is 0 Å². The smallest absolute Gasteiger partial charge is 0.267 e. The number of carbonyl (C=O) groups excluding carboxylic acids is 1. The number of hydrogen-bond acceptors (Lipinski definition) is 5. The molecule has 0 aliphatic rings. The van der Waals surface area contributed by atoms with E-state index in [4.69, 9.17) is 5.26 Å². The predicted octanol–water partition coefficient (Wildman–Crippen LogP) is 1.20. The Morgan fingerprint density at radius 1 is 1.48 bits per heavy atom. The molecule has 0 bridgehead atoms. The molecule has 0 spiro atoms. The number of hydrogen-bond donors (Lipinski definition) is 3. The van der Waals surface area contributed by atoms with Gasteiger partial charge in [0.25, 0.3) is 5.91 Å². The van der Waals surface area contributed by atoms with Crippen molar-refractivity contribution in [1.82, 2.24) is 10.2 Å². The van der Waals surface area contributed by atoms with Crippen LogP contribution < -0.4 is 10.6 Å². The fourth-order valence-corrected chi connectivity index (χ4v) is 1.59. The van der Waals surface area contributed by atoms with Crippen LogP contribution in [0.5, 0.6) is 5.75 Å². The maximum absolute atomic E-state index is 12.0. The zero-order valence-electron chi connectivity index (χ0n) is 12.5. The second kappa shape index (κ2) is 7.92. The number of nitriles is 1. The average Bonchev–Trinajstić information content (AvgIpc) is 2.41. The first-order valence-electron chi connectivity index (χ1n) is 6.53. The molecule has 1 rings (SSSR count). The molecule has 0 unspecified atom stereocenters. The van der Waals surface area contributed by atoms with E-state index in [1.807, 2.05) is 25.1 Å². The minimum absolute atomic E-state index is 0.00114. The Morgan fingerprint density at radius 3 is 2.76 bits per heavy atom. The van der Waals surface area contributed by atoms with Gasteiger partial charge in [0.1, 0.15) is 17.4 Å². The molecule has 6 heteroatoms. The Bertz CT molecular complexity index is 574. The molecule has 1 aromatic rings. The van der Waals surface area contributed by atoms with Crippen LogP contribution in [0.25, 0.3) is 0 Å². The number of rotatable bonds is 6. The minimum atomic E-state index is -0.483.